The average Bonchev–Trinajstić information content (AvgIpc) is 2.14. The minimum atomic E-state index is 0.232. The zero-order valence-electron chi connectivity index (χ0n) is 7.63. The van der Waals surface area contributed by atoms with Crippen LogP contribution in [0.2, 0.25) is 0 Å². The van der Waals surface area contributed by atoms with Crippen molar-refractivity contribution in [3.05, 3.63) is 26.6 Å². The van der Waals surface area contributed by atoms with E-state index >= 15 is 0 Å². The number of unbranched alkanes of at least 4 members (excludes halogenated alkanes) is 1. The molecule has 4 heteroatoms. The maximum Gasteiger partial charge on any atom is 0.143 e. The number of phenolic OH excluding ortho intramolecular Hbond substituents is 1. The SMILES string of the molecule is OCCCCc1cc(Br)c(O)c(Br)c1. The van der Waals surface area contributed by atoms with Gasteiger partial charge in [0.25, 0.3) is 0 Å². The Bertz CT molecular complexity index is 290. The number of phenols is 1. The van der Waals surface area contributed by atoms with E-state index in [4.69, 9.17) is 5.11 Å². The Labute approximate surface area is 100 Å². The molecule has 0 amide bonds. The Morgan fingerprint density at radius 2 is 1.64 bits per heavy atom. The third-order valence-corrected chi connectivity index (χ3v) is 3.16. The molecule has 0 fully saturated rings. The molecule has 14 heavy (non-hydrogen) atoms. The van der Waals surface area contributed by atoms with Crippen LogP contribution in [-0.2, 0) is 6.42 Å². The zero-order chi connectivity index (χ0) is 10.6. The van der Waals surface area contributed by atoms with Crippen LogP contribution in [-0.4, -0.2) is 16.8 Å². The predicted molar refractivity (Wildman–Crippen MR) is 63.5 cm³/mol. The van der Waals surface area contributed by atoms with Gasteiger partial charge in [-0.3, -0.25) is 0 Å². The first-order valence-electron chi connectivity index (χ1n) is 4.43. The van der Waals surface area contributed by atoms with Gasteiger partial charge in [-0.25, -0.2) is 0 Å². The van der Waals surface area contributed by atoms with Crippen LogP contribution in [0.5, 0.6) is 5.75 Å². The molecule has 0 aliphatic rings. The van der Waals surface area contributed by atoms with Crippen molar-refractivity contribution < 1.29 is 10.2 Å². The molecule has 0 aliphatic carbocycles. The van der Waals surface area contributed by atoms with Gasteiger partial charge in [0.15, 0.2) is 0 Å². The summed E-state index contributed by atoms with van der Waals surface area (Å²) in [4.78, 5) is 0. The molecule has 1 rings (SSSR count). The van der Waals surface area contributed by atoms with E-state index in [1.807, 2.05) is 12.1 Å². The molecule has 0 radical (unpaired) electrons. The van der Waals surface area contributed by atoms with Crippen molar-refractivity contribution in [3.63, 3.8) is 0 Å². The Morgan fingerprint density at radius 1 is 1.07 bits per heavy atom. The van der Waals surface area contributed by atoms with Gasteiger partial charge in [-0.05, 0) is 68.8 Å². The van der Waals surface area contributed by atoms with Gasteiger partial charge >= 0.3 is 0 Å². The molecule has 0 aliphatic heterocycles. The number of aryl methyl sites for hydroxylation is 1. The lowest BCUT2D eigenvalue weighted by atomic mass is 10.1. The van der Waals surface area contributed by atoms with Gasteiger partial charge < -0.3 is 10.2 Å². The number of benzene rings is 1. The Morgan fingerprint density at radius 3 is 2.14 bits per heavy atom. The highest BCUT2D eigenvalue weighted by atomic mass is 79.9. The summed E-state index contributed by atoms with van der Waals surface area (Å²) >= 11 is 6.55. The quantitative estimate of drug-likeness (QED) is 0.835. The largest absolute Gasteiger partial charge is 0.506 e. The smallest absolute Gasteiger partial charge is 0.143 e. The minimum absolute atomic E-state index is 0.232. The molecule has 2 N–H and O–H groups in total. The minimum Gasteiger partial charge on any atom is -0.506 e. The first-order valence-corrected chi connectivity index (χ1v) is 6.01. The molecule has 0 bridgehead atoms. The van der Waals surface area contributed by atoms with Gasteiger partial charge in [0, 0.05) is 6.61 Å². The summed E-state index contributed by atoms with van der Waals surface area (Å²) < 4.78 is 1.40. The molecule has 0 unspecified atom stereocenters. The van der Waals surface area contributed by atoms with E-state index < -0.39 is 0 Å². The lowest BCUT2D eigenvalue weighted by Gasteiger charge is -2.05. The lowest BCUT2D eigenvalue weighted by molar-refractivity contribution is 0.284. The van der Waals surface area contributed by atoms with Gasteiger partial charge in [0.1, 0.15) is 5.75 Å². The summed E-state index contributed by atoms with van der Waals surface area (Å²) in [6.07, 6.45) is 2.69. The fraction of sp³-hybridized carbons (Fsp3) is 0.400. The van der Waals surface area contributed by atoms with Crippen molar-refractivity contribution in [2.24, 2.45) is 0 Å². The molecule has 0 atom stereocenters. The lowest BCUT2D eigenvalue weighted by Crippen LogP contribution is -1.89. The van der Waals surface area contributed by atoms with Crippen LogP contribution in [0.3, 0.4) is 0 Å². The topological polar surface area (TPSA) is 40.5 Å². The standard InChI is InChI=1S/C10H12Br2O2/c11-8-5-7(3-1-2-4-13)6-9(12)10(8)14/h5-6,13-14H,1-4H2. The van der Waals surface area contributed by atoms with Gasteiger partial charge in [0.05, 0.1) is 8.95 Å². The maximum atomic E-state index is 9.47. The van der Waals surface area contributed by atoms with E-state index in [-0.39, 0.29) is 12.4 Å². The highest BCUT2D eigenvalue weighted by Crippen LogP contribution is 2.33. The normalized spacial score (nSPS) is 10.5. The van der Waals surface area contributed by atoms with Crippen LogP contribution in [0.4, 0.5) is 0 Å². The van der Waals surface area contributed by atoms with E-state index in [0.717, 1.165) is 24.8 Å². The molecule has 78 valence electrons. The molecule has 0 spiro atoms. The molecule has 0 aromatic heterocycles. The van der Waals surface area contributed by atoms with Crippen molar-refractivity contribution in [2.75, 3.05) is 6.61 Å². The van der Waals surface area contributed by atoms with Gasteiger partial charge in [-0.1, -0.05) is 0 Å². The maximum absolute atomic E-state index is 9.47. The number of aromatic hydroxyl groups is 1. The summed E-state index contributed by atoms with van der Waals surface area (Å²) in [5.74, 6) is 0.232. The van der Waals surface area contributed by atoms with E-state index in [1.165, 1.54) is 0 Å². The van der Waals surface area contributed by atoms with Crippen molar-refractivity contribution in [1.82, 2.24) is 0 Å². The highest BCUT2D eigenvalue weighted by molar-refractivity contribution is 9.11. The first kappa shape index (κ1) is 12.0. The monoisotopic (exact) mass is 322 g/mol. The predicted octanol–water partition coefficient (Wildman–Crippen LogP) is 3.23. The van der Waals surface area contributed by atoms with Crippen molar-refractivity contribution in [3.8, 4) is 5.75 Å². The number of rotatable bonds is 4. The van der Waals surface area contributed by atoms with Crippen LogP contribution in [0.25, 0.3) is 0 Å². The van der Waals surface area contributed by atoms with E-state index in [2.05, 4.69) is 31.9 Å². The van der Waals surface area contributed by atoms with Crippen LogP contribution in [0, 0.1) is 0 Å². The molecule has 0 saturated heterocycles. The van der Waals surface area contributed by atoms with Crippen LogP contribution < -0.4 is 0 Å². The van der Waals surface area contributed by atoms with Crippen LogP contribution in [0.15, 0.2) is 21.1 Å². The van der Waals surface area contributed by atoms with Gasteiger partial charge in [-0.2, -0.15) is 0 Å². The fourth-order valence-corrected chi connectivity index (χ4v) is 2.48. The summed E-state index contributed by atoms with van der Waals surface area (Å²) in [6.45, 7) is 0.237. The molecule has 1 aromatic carbocycles. The van der Waals surface area contributed by atoms with Gasteiger partial charge in [0.2, 0.25) is 0 Å². The van der Waals surface area contributed by atoms with E-state index in [9.17, 15) is 5.11 Å². The van der Waals surface area contributed by atoms with E-state index in [1.54, 1.807) is 0 Å². The summed E-state index contributed by atoms with van der Waals surface area (Å²) in [7, 11) is 0. The third-order valence-electron chi connectivity index (χ3n) is 1.95. The second-order valence-electron chi connectivity index (χ2n) is 3.09. The second kappa shape index (κ2) is 5.73. The first-order chi connectivity index (χ1) is 6.65. The summed E-state index contributed by atoms with van der Waals surface area (Å²) in [5, 5.41) is 18.1. The zero-order valence-corrected chi connectivity index (χ0v) is 10.8. The summed E-state index contributed by atoms with van der Waals surface area (Å²) in [6, 6.07) is 3.80. The van der Waals surface area contributed by atoms with Crippen LogP contribution >= 0.6 is 31.9 Å². The van der Waals surface area contributed by atoms with Crippen molar-refractivity contribution >= 4 is 31.9 Å². The second-order valence-corrected chi connectivity index (χ2v) is 4.80. The van der Waals surface area contributed by atoms with Crippen molar-refractivity contribution in [2.45, 2.75) is 19.3 Å². The number of halogens is 2. The third kappa shape index (κ3) is 3.26. The molecule has 1 aromatic rings. The van der Waals surface area contributed by atoms with Gasteiger partial charge in [-0.15, -0.1) is 0 Å². The average molecular weight is 324 g/mol. The number of hydrogen-bond donors (Lipinski definition) is 2. The highest BCUT2D eigenvalue weighted by Gasteiger charge is 2.05. The Kier molecular flexibility index (Phi) is 4.92. The number of aliphatic hydroxyl groups is 1. The van der Waals surface area contributed by atoms with Crippen molar-refractivity contribution in [1.29, 1.82) is 0 Å². The Balaban J connectivity index is 2.69. The molecule has 2 nitrogen and oxygen atoms in total. The molecule has 0 heterocycles. The fourth-order valence-electron chi connectivity index (χ4n) is 1.20. The Hall–Kier alpha value is -0.0600. The molecule has 0 saturated carbocycles. The van der Waals surface area contributed by atoms with Crippen LogP contribution in [0.1, 0.15) is 18.4 Å². The number of aliphatic hydroxyl groups excluding tert-OH is 1. The van der Waals surface area contributed by atoms with E-state index in [0.29, 0.717) is 8.95 Å². The number of hydrogen-bond acceptors (Lipinski definition) is 2. The molecular weight excluding hydrogens is 312 g/mol. The molecular formula is C10H12Br2O2. The summed E-state index contributed by atoms with van der Waals surface area (Å²) in [5.41, 5.74) is 1.15.